The molecule has 0 amide bonds. The van der Waals surface area contributed by atoms with E-state index in [-0.39, 0.29) is 17.8 Å². The average Bonchev–Trinajstić information content (AvgIpc) is 2.37. The molecule has 0 aliphatic rings. The maximum atomic E-state index is 13.9. The van der Waals surface area contributed by atoms with Gasteiger partial charge in [0.2, 0.25) is 0 Å². The first-order valence-corrected chi connectivity index (χ1v) is 6.33. The van der Waals surface area contributed by atoms with Gasteiger partial charge < -0.3 is 0 Å². The Labute approximate surface area is 113 Å². The van der Waals surface area contributed by atoms with E-state index in [1.54, 1.807) is 25.1 Å². The smallest absolute Gasteiger partial charge is 0.170 e. The van der Waals surface area contributed by atoms with Gasteiger partial charge in [0.05, 0.1) is 5.56 Å². The highest BCUT2D eigenvalue weighted by Crippen LogP contribution is 2.16. The van der Waals surface area contributed by atoms with Crippen LogP contribution in [0.1, 0.15) is 32.6 Å². The summed E-state index contributed by atoms with van der Waals surface area (Å²) in [5.74, 6) is -0.583. The minimum Gasteiger partial charge on any atom is -0.294 e. The number of rotatable bonds is 3. The van der Waals surface area contributed by atoms with Gasteiger partial charge in [-0.25, -0.2) is 4.39 Å². The van der Waals surface area contributed by atoms with Gasteiger partial charge in [0.1, 0.15) is 5.82 Å². The molecule has 2 heteroatoms. The van der Waals surface area contributed by atoms with Gasteiger partial charge in [0, 0.05) is 6.42 Å². The summed E-state index contributed by atoms with van der Waals surface area (Å²) in [5, 5.41) is 0. The highest BCUT2D eigenvalue weighted by atomic mass is 19.1. The van der Waals surface area contributed by atoms with Gasteiger partial charge in [-0.05, 0) is 49.1 Å². The van der Waals surface area contributed by atoms with Gasteiger partial charge in [0.25, 0.3) is 0 Å². The fourth-order valence-corrected chi connectivity index (χ4v) is 2.06. The minimum atomic E-state index is -0.406. The lowest BCUT2D eigenvalue weighted by Crippen LogP contribution is -2.07. The van der Waals surface area contributed by atoms with Crippen LogP contribution < -0.4 is 0 Å². The second-order valence-corrected chi connectivity index (χ2v) is 4.96. The van der Waals surface area contributed by atoms with Crippen LogP contribution in [0.15, 0.2) is 36.4 Å². The third kappa shape index (κ3) is 2.90. The fourth-order valence-electron chi connectivity index (χ4n) is 2.06. The van der Waals surface area contributed by atoms with E-state index < -0.39 is 5.82 Å². The molecule has 2 aromatic rings. The number of Topliss-reactive ketones (excluding diaryl/α,β-unsaturated/α-hetero) is 1. The predicted octanol–water partition coefficient (Wildman–Crippen LogP) is 4.18. The Balaban J connectivity index is 2.26. The Bertz CT molecular complexity index is 629. The van der Waals surface area contributed by atoms with Gasteiger partial charge in [-0.15, -0.1) is 0 Å². The number of hydrogen-bond acceptors (Lipinski definition) is 1. The van der Waals surface area contributed by atoms with Crippen molar-refractivity contribution < 1.29 is 9.18 Å². The van der Waals surface area contributed by atoms with Gasteiger partial charge in [-0.2, -0.15) is 0 Å². The summed E-state index contributed by atoms with van der Waals surface area (Å²) in [7, 11) is 0. The van der Waals surface area contributed by atoms with E-state index in [9.17, 15) is 9.18 Å². The first-order valence-electron chi connectivity index (χ1n) is 6.33. The molecule has 0 atom stereocenters. The van der Waals surface area contributed by atoms with E-state index in [2.05, 4.69) is 0 Å². The van der Waals surface area contributed by atoms with E-state index in [0.717, 1.165) is 11.1 Å². The lowest BCUT2D eigenvalue weighted by Gasteiger charge is -2.07. The Morgan fingerprint density at radius 2 is 1.74 bits per heavy atom. The van der Waals surface area contributed by atoms with Crippen LogP contribution in [-0.4, -0.2) is 5.78 Å². The zero-order valence-corrected chi connectivity index (χ0v) is 11.5. The van der Waals surface area contributed by atoms with E-state index in [4.69, 9.17) is 0 Å². The quantitative estimate of drug-likeness (QED) is 0.753. The molecular weight excluding hydrogens is 239 g/mol. The summed E-state index contributed by atoms with van der Waals surface area (Å²) in [6.45, 7) is 5.71. The zero-order valence-electron chi connectivity index (χ0n) is 11.5. The van der Waals surface area contributed by atoms with Crippen molar-refractivity contribution in [2.75, 3.05) is 0 Å². The molecule has 0 heterocycles. The Hall–Kier alpha value is -1.96. The van der Waals surface area contributed by atoms with Gasteiger partial charge in [-0.1, -0.05) is 30.3 Å². The van der Waals surface area contributed by atoms with Crippen LogP contribution in [0.4, 0.5) is 4.39 Å². The second kappa shape index (κ2) is 5.35. The lowest BCUT2D eigenvalue weighted by molar-refractivity contribution is 0.0989. The molecule has 2 rings (SSSR count). The normalized spacial score (nSPS) is 10.5. The van der Waals surface area contributed by atoms with Crippen molar-refractivity contribution in [3.63, 3.8) is 0 Å². The average molecular weight is 256 g/mol. The van der Waals surface area contributed by atoms with Crippen LogP contribution in [0.5, 0.6) is 0 Å². The van der Waals surface area contributed by atoms with E-state index in [1.165, 1.54) is 5.56 Å². The van der Waals surface area contributed by atoms with Crippen LogP contribution in [0.2, 0.25) is 0 Å². The molecule has 0 saturated carbocycles. The van der Waals surface area contributed by atoms with Gasteiger partial charge in [-0.3, -0.25) is 4.79 Å². The first-order chi connectivity index (χ1) is 8.99. The number of benzene rings is 2. The second-order valence-electron chi connectivity index (χ2n) is 4.96. The van der Waals surface area contributed by atoms with Crippen molar-refractivity contribution in [1.82, 2.24) is 0 Å². The molecule has 19 heavy (non-hydrogen) atoms. The molecule has 98 valence electrons. The standard InChI is InChI=1S/C17H17FO/c1-11-7-8-14(9-13(11)3)10-16(19)15-6-4-5-12(2)17(15)18/h4-9H,10H2,1-3H3. The number of aryl methyl sites for hydroxylation is 3. The Morgan fingerprint density at radius 3 is 2.42 bits per heavy atom. The molecular formula is C17H17FO. The monoisotopic (exact) mass is 256 g/mol. The van der Waals surface area contributed by atoms with E-state index >= 15 is 0 Å². The number of carbonyl (C=O) groups is 1. The number of ketones is 1. The number of hydrogen-bond donors (Lipinski definition) is 0. The molecule has 1 nitrogen and oxygen atoms in total. The van der Waals surface area contributed by atoms with Crippen LogP contribution in [0, 0.1) is 26.6 Å². The summed E-state index contributed by atoms with van der Waals surface area (Å²) >= 11 is 0. The van der Waals surface area contributed by atoms with Crippen LogP contribution in [0.25, 0.3) is 0 Å². The van der Waals surface area contributed by atoms with Crippen molar-refractivity contribution in [1.29, 1.82) is 0 Å². The molecule has 0 unspecified atom stereocenters. The maximum absolute atomic E-state index is 13.9. The molecule has 0 aliphatic heterocycles. The number of halogens is 1. The van der Waals surface area contributed by atoms with E-state index in [0.29, 0.717) is 5.56 Å². The van der Waals surface area contributed by atoms with Crippen molar-refractivity contribution in [3.05, 3.63) is 70.0 Å². The third-order valence-corrected chi connectivity index (χ3v) is 3.43. The molecule has 0 aliphatic carbocycles. The molecule has 0 spiro atoms. The van der Waals surface area contributed by atoms with Crippen molar-refractivity contribution in [2.45, 2.75) is 27.2 Å². The van der Waals surface area contributed by atoms with Crippen molar-refractivity contribution >= 4 is 5.78 Å². The van der Waals surface area contributed by atoms with Gasteiger partial charge in [0.15, 0.2) is 5.78 Å². The highest BCUT2D eigenvalue weighted by molar-refractivity contribution is 5.97. The topological polar surface area (TPSA) is 17.1 Å². The maximum Gasteiger partial charge on any atom is 0.170 e. The molecule has 0 saturated heterocycles. The Kier molecular flexibility index (Phi) is 3.79. The fraction of sp³-hybridized carbons (Fsp3) is 0.235. The van der Waals surface area contributed by atoms with Crippen LogP contribution in [0.3, 0.4) is 0 Å². The molecule has 0 fully saturated rings. The van der Waals surface area contributed by atoms with E-state index in [1.807, 2.05) is 32.0 Å². The minimum absolute atomic E-state index is 0.176. The van der Waals surface area contributed by atoms with Crippen LogP contribution >= 0.6 is 0 Å². The lowest BCUT2D eigenvalue weighted by atomic mass is 9.98. The predicted molar refractivity (Wildman–Crippen MR) is 75.1 cm³/mol. The van der Waals surface area contributed by atoms with Crippen molar-refractivity contribution in [2.24, 2.45) is 0 Å². The molecule has 0 N–H and O–H groups in total. The third-order valence-electron chi connectivity index (χ3n) is 3.43. The summed E-state index contributed by atoms with van der Waals surface area (Å²) in [6, 6.07) is 10.8. The molecule has 0 aromatic heterocycles. The summed E-state index contributed by atoms with van der Waals surface area (Å²) in [4.78, 5) is 12.1. The highest BCUT2D eigenvalue weighted by Gasteiger charge is 2.13. The number of carbonyl (C=O) groups excluding carboxylic acids is 1. The molecule has 0 bridgehead atoms. The zero-order chi connectivity index (χ0) is 14.0. The first kappa shape index (κ1) is 13.5. The summed E-state index contributed by atoms with van der Waals surface area (Å²) < 4.78 is 13.9. The van der Waals surface area contributed by atoms with Gasteiger partial charge >= 0.3 is 0 Å². The summed E-state index contributed by atoms with van der Waals surface area (Å²) in [6.07, 6.45) is 0.238. The molecule has 0 radical (unpaired) electrons. The van der Waals surface area contributed by atoms with Crippen molar-refractivity contribution in [3.8, 4) is 0 Å². The largest absolute Gasteiger partial charge is 0.294 e. The SMILES string of the molecule is Cc1ccc(CC(=O)c2cccc(C)c2F)cc1C. The molecule has 2 aromatic carbocycles. The summed E-state index contributed by atoms with van der Waals surface area (Å²) in [5.41, 5.74) is 3.95. The van der Waals surface area contributed by atoms with Crippen LogP contribution in [-0.2, 0) is 6.42 Å². The Morgan fingerprint density at radius 1 is 1.00 bits per heavy atom.